The van der Waals surface area contributed by atoms with Crippen LogP contribution in [0.5, 0.6) is 0 Å². The van der Waals surface area contributed by atoms with Crippen molar-refractivity contribution in [2.24, 2.45) is 0 Å². The van der Waals surface area contributed by atoms with E-state index in [0.717, 1.165) is 6.54 Å². The predicted octanol–water partition coefficient (Wildman–Crippen LogP) is 3.57. The standard InChI is InChI=1S/C13H16BrN/c1-10-6-7-11(8-13(10)14)9-15-12-4-2-3-5-12/h2-3,6-8,12,15H,4-5,9H2,1H3. The minimum absolute atomic E-state index is 0.644. The van der Waals surface area contributed by atoms with Crippen molar-refractivity contribution in [2.75, 3.05) is 0 Å². The molecule has 0 fully saturated rings. The van der Waals surface area contributed by atoms with E-state index >= 15 is 0 Å². The monoisotopic (exact) mass is 265 g/mol. The Labute approximate surface area is 99.7 Å². The Kier molecular flexibility index (Phi) is 3.60. The first-order valence-electron chi connectivity index (χ1n) is 5.39. The number of halogens is 1. The molecule has 1 aromatic rings. The van der Waals surface area contributed by atoms with Crippen molar-refractivity contribution in [3.8, 4) is 0 Å². The van der Waals surface area contributed by atoms with Crippen LogP contribution in [0.4, 0.5) is 0 Å². The van der Waals surface area contributed by atoms with Gasteiger partial charge >= 0.3 is 0 Å². The van der Waals surface area contributed by atoms with Gasteiger partial charge in [-0.05, 0) is 37.0 Å². The lowest BCUT2D eigenvalue weighted by Gasteiger charge is -2.12. The fourth-order valence-corrected chi connectivity index (χ4v) is 2.22. The van der Waals surface area contributed by atoms with Crippen molar-refractivity contribution in [2.45, 2.75) is 32.4 Å². The van der Waals surface area contributed by atoms with Gasteiger partial charge in [0.15, 0.2) is 0 Å². The van der Waals surface area contributed by atoms with Gasteiger partial charge in [0, 0.05) is 17.1 Å². The van der Waals surface area contributed by atoms with E-state index < -0.39 is 0 Å². The fourth-order valence-electron chi connectivity index (χ4n) is 1.79. The molecular weight excluding hydrogens is 250 g/mol. The molecule has 1 aliphatic carbocycles. The molecule has 0 aliphatic heterocycles. The third-order valence-electron chi connectivity index (χ3n) is 2.84. The quantitative estimate of drug-likeness (QED) is 0.825. The normalized spacial score (nSPS) is 16.1. The molecule has 1 aromatic carbocycles. The zero-order valence-corrected chi connectivity index (χ0v) is 10.5. The summed E-state index contributed by atoms with van der Waals surface area (Å²) in [4.78, 5) is 0. The van der Waals surface area contributed by atoms with Crippen LogP contribution in [0.15, 0.2) is 34.8 Å². The molecule has 1 nitrogen and oxygen atoms in total. The number of nitrogens with one attached hydrogen (secondary N) is 1. The van der Waals surface area contributed by atoms with Crippen molar-refractivity contribution in [1.29, 1.82) is 0 Å². The summed E-state index contributed by atoms with van der Waals surface area (Å²) in [6.07, 6.45) is 6.85. The lowest BCUT2D eigenvalue weighted by Crippen LogP contribution is -2.25. The first-order valence-corrected chi connectivity index (χ1v) is 6.18. The SMILES string of the molecule is Cc1ccc(CNC2CC=CC2)cc1Br. The van der Waals surface area contributed by atoms with Gasteiger partial charge in [-0.3, -0.25) is 0 Å². The summed E-state index contributed by atoms with van der Waals surface area (Å²) in [5.41, 5.74) is 2.64. The molecular formula is C13H16BrN. The molecule has 0 atom stereocenters. The van der Waals surface area contributed by atoms with Crippen molar-refractivity contribution in [3.63, 3.8) is 0 Å². The first kappa shape index (κ1) is 10.9. The molecule has 0 spiro atoms. The van der Waals surface area contributed by atoms with Crippen molar-refractivity contribution < 1.29 is 0 Å². The van der Waals surface area contributed by atoms with Gasteiger partial charge in [0.25, 0.3) is 0 Å². The molecule has 0 bridgehead atoms. The van der Waals surface area contributed by atoms with Crippen LogP contribution in [0.3, 0.4) is 0 Å². The molecule has 1 N–H and O–H groups in total. The van der Waals surface area contributed by atoms with Gasteiger partial charge in [-0.1, -0.05) is 40.2 Å². The van der Waals surface area contributed by atoms with E-state index in [4.69, 9.17) is 0 Å². The summed E-state index contributed by atoms with van der Waals surface area (Å²) in [7, 11) is 0. The zero-order chi connectivity index (χ0) is 10.7. The molecule has 0 aromatic heterocycles. The molecule has 1 aliphatic rings. The molecule has 0 unspecified atom stereocenters. The average Bonchev–Trinajstić information content (AvgIpc) is 2.73. The Morgan fingerprint density at radius 1 is 1.33 bits per heavy atom. The number of hydrogen-bond acceptors (Lipinski definition) is 1. The molecule has 2 rings (SSSR count). The summed E-state index contributed by atoms with van der Waals surface area (Å²) in [6, 6.07) is 7.19. The Hall–Kier alpha value is -0.600. The molecule has 0 heterocycles. The number of rotatable bonds is 3. The molecule has 80 valence electrons. The highest BCUT2D eigenvalue weighted by Gasteiger charge is 2.08. The van der Waals surface area contributed by atoms with E-state index in [9.17, 15) is 0 Å². The van der Waals surface area contributed by atoms with Crippen molar-refractivity contribution in [3.05, 3.63) is 46.0 Å². The molecule has 0 amide bonds. The van der Waals surface area contributed by atoms with Crippen LogP contribution in [-0.2, 0) is 6.54 Å². The maximum Gasteiger partial charge on any atom is 0.0208 e. The fraction of sp³-hybridized carbons (Fsp3) is 0.385. The Bertz CT molecular complexity index is 363. The topological polar surface area (TPSA) is 12.0 Å². The molecule has 0 radical (unpaired) electrons. The van der Waals surface area contributed by atoms with Crippen molar-refractivity contribution in [1.82, 2.24) is 5.32 Å². The van der Waals surface area contributed by atoms with Crippen molar-refractivity contribution >= 4 is 15.9 Å². The van der Waals surface area contributed by atoms with E-state index in [1.807, 2.05) is 0 Å². The predicted molar refractivity (Wildman–Crippen MR) is 67.9 cm³/mol. The molecule has 2 heteroatoms. The van der Waals surface area contributed by atoms with E-state index in [1.165, 1.54) is 28.4 Å². The minimum atomic E-state index is 0.644. The summed E-state index contributed by atoms with van der Waals surface area (Å²) >= 11 is 3.56. The minimum Gasteiger partial charge on any atom is -0.309 e. The van der Waals surface area contributed by atoms with Crippen LogP contribution in [-0.4, -0.2) is 6.04 Å². The van der Waals surface area contributed by atoms with Gasteiger partial charge in [0.1, 0.15) is 0 Å². The molecule has 0 saturated carbocycles. The second-order valence-electron chi connectivity index (χ2n) is 4.10. The van der Waals surface area contributed by atoms with E-state index in [0.29, 0.717) is 6.04 Å². The largest absolute Gasteiger partial charge is 0.309 e. The number of benzene rings is 1. The number of hydrogen-bond donors (Lipinski definition) is 1. The zero-order valence-electron chi connectivity index (χ0n) is 8.96. The van der Waals surface area contributed by atoms with E-state index in [1.54, 1.807) is 0 Å². The maximum atomic E-state index is 3.56. The molecule has 15 heavy (non-hydrogen) atoms. The number of aryl methyl sites for hydroxylation is 1. The van der Waals surface area contributed by atoms with Crippen LogP contribution in [0, 0.1) is 6.92 Å². The van der Waals surface area contributed by atoms with Gasteiger partial charge in [0.2, 0.25) is 0 Å². The first-order chi connectivity index (χ1) is 7.25. The van der Waals surface area contributed by atoms with Gasteiger partial charge < -0.3 is 5.32 Å². The van der Waals surface area contributed by atoms with E-state index in [2.05, 4.69) is 58.5 Å². The third-order valence-corrected chi connectivity index (χ3v) is 3.69. The lowest BCUT2D eigenvalue weighted by molar-refractivity contribution is 0.538. The Morgan fingerprint density at radius 2 is 2.07 bits per heavy atom. The Morgan fingerprint density at radius 3 is 2.73 bits per heavy atom. The van der Waals surface area contributed by atoms with Crippen LogP contribution in [0.1, 0.15) is 24.0 Å². The van der Waals surface area contributed by atoms with Gasteiger partial charge in [-0.25, -0.2) is 0 Å². The summed E-state index contributed by atoms with van der Waals surface area (Å²) in [6.45, 7) is 3.08. The van der Waals surface area contributed by atoms with E-state index in [-0.39, 0.29) is 0 Å². The molecule has 0 saturated heterocycles. The summed E-state index contributed by atoms with van der Waals surface area (Å²) in [5.74, 6) is 0. The van der Waals surface area contributed by atoms with Gasteiger partial charge in [-0.2, -0.15) is 0 Å². The van der Waals surface area contributed by atoms with Gasteiger partial charge in [0.05, 0.1) is 0 Å². The Balaban J connectivity index is 1.90. The van der Waals surface area contributed by atoms with Crippen LogP contribution in [0.2, 0.25) is 0 Å². The summed E-state index contributed by atoms with van der Waals surface area (Å²) in [5, 5.41) is 3.56. The smallest absolute Gasteiger partial charge is 0.0208 e. The highest BCUT2D eigenvalue weighted by atomic mass is 79.9. The summed E-state index contributed by atoms with van der Waals surface area (Å²) < 4.78 is 1.20. The third kappa shape index (κ3) is 2.93. The lowest BCUT2D eigenvalue weighted by atomic mass is 10.1. The average molecular weight is 266 g/mol. The highest BCUT2D eigenvalue weighted by Crippen LogP contribution is 2.18. The second kappa shape index (κ2) is 4.95. The van der Waals surface area contributed by atoms with Crippen LogP contribution < -0.4 is 5.32 Å². The van der Waals surface area contributed by atoms with Crippen LogP contribution >= 0.6 is 15.9 Å². The maximum absolute atomic E-state index is 3.56. The van der Waals surface area contributed by atoms with Gasteiger partial charge in [-0.15, -0.1) is 0 Å². The second-order valence-corrected chi connectivity index (χ2v) is 4.96. The van der Waals surface area contributed by atoms with Crippen LogP contribution in [0.25, 0.3) is 0 Å². The highest BCUT2D eigenvalue weighted by molar-refractivity contribution is 9.10.